The Morgan fingerprint density at radius 3 is 2.50 bits per heavy atom. The molecule has 2 aromatic carbocycles. The van der Waals surface area contributed by atoms with Crippen LogP contribution in [0.25, 0.3) is 11.1 Å². The van der Waals surface area contributed by atoms with Crippen LogP contribution in [-0.4, -0.2) is 17.2 Å². The molecule has 104 valence electrons. The zero-order valence-corrected chi connectivity index (χ0v) is 12.8. The van der Waals surface area contributed by atoms with Gasteiger partial charge in [0.1, 0.15) is 5.75 Å². The van der Waals surface area contributed by atoms with Gasteiger partial charge in [0.25, 0.3) is 0 Å². The van der Waals surface area contributed by atoms with Crippen molar-refractivity contribution in [2.24, 2.45) is 0 Å². The number of halogens is 1. The van der Waals surface area contributed by atoms with E-state index in [9.17, 15) is 4.79 Å². The van der Waals surface area contributed by atoms with Crippen molar-refractivity contribution in [3.8, 4) is 16.9 Å². The number of hydrogen-bond acceptors (Lipinski definition) is 2. The van der Waals surface area contributed by atoms with Crippen LogP contribution >= 0.6 is 15.9 Å². The standard InChI is InChI=1S/C16H15BrO3/c1-10(2)20-13-5-3-4-11(8-13)12-6-7-15(17)14(9-12)16(18)19/h3-10H,1-2H3,(H,18,19). The van der Waals surface area contributed by atoms with Gasteiger partial charge in [-0.1, -0.05) is 18.2 Å². The van der Waals surface area contributed by atoms with Gasteiger partial charge in [0.2, 0.25) is 0 Å². The molecular formula is C16H15BrO3. The average Bonchev–Trinajstić information content (AvgIpc) is 2.38. The van der Waals surface area contributed by atoms with Gasteiger partial charge in [-0.15, -0.1) is 0 Å². The van der Waals surface area contributed by atoms with E-state index >= 15 is 0 Å². The Labute approximate surface area is 126 Å². The molecule has 0 aliphatic heterocycles. The summed E-state index contributed by atoms with van der Waals surface area (Å²) in [7, 11) is 0. The number of carboxylic acids is 1. The quantitative estimate of drug-likeness (QED) is 0.888. The van der Waals surface area contributed by atoms with Crippen LogP contribution < -0.4 is 4.74 Å². The van der Waals surface area contributed by atoms with Gasteiger partial charge in [-0.2, -0.15) is 0 Å². The summed E-state index contributed by atoms with van der Waals surface area (Å²) in [6.07, 6.45) is 0.102. The molecule has 3 nitrogen and oxygen atoms in total. The van der Waals surface area contributed by atoms with Gasteiger partial charge in [-0.05, 0) is 65.2 Å². The smallest absolute Gasteiger partial charge is 0.336 e. The van der Waals surface area contributed by atoms with E-state index in [0.29, 0.717) is 4.47 Å². The van der Waals surface area contributed by atoms with Crippen molar-refractivity contribution in [2.45, 2.75) is 20.0 Å². The van der Waals surface area contributed by atoms with E-state index < -0.39 is 5.97 Å². The Balaban J connectivity index is 2.41. The summed E-state index contributed by atoms with van der Waals surface area (Å²) in [5, 5.41) is 9.16. The van der Waals surface area contributed by atoms with Crippen LogP contribution in [0.1, 0.15) is 24.2 Å². The van der Waals surface area contributed by atoms with Gasteiger partial charge in [0.05, 0.1) is 11.7 Å². The minimum absolute atomic E-state index is 0.102. The van der Waals surface area contributed by atoms with Gasteiger partial charge in [-0.3, -0.25) is 0 Å². The number of aromatic carboxylic acids is 1. The molecule has 0 saturated carbocycles. The van der Waals surface area contributed by atoms with Crippen molar-refractivity contribution < 1.29 is 14.6 Å². The number of hydrogen-bond donors (Lipinski definition) is 1. The van der Waals surface area contributed by atoms with Crippen LogP contribution in [0.2, 0.25) is 0 Å². The third-order valence-electron chi connectivity index (χ3n) is 2.74. The number of ether oxygens (including phenoxy) is 1. The van der Waals surface area contributed by atoms with Crippen LogP contribution in [-0.2, 0) is 0 Å². The first kappa shape index (κ1) is 14.6. The molecule has 0 bridgehead atoms. The highest BCUT2D eigenvalue weighted by atomic mass is 79.9. The van der Waals surface area contributed by atoms with Crippen molar-refractivity contribution in [1.82, 2.24) is 0 Å². The molecule has 0 fully saturated rings. The fourth-order valence-electron chi connectivity index (χ4n) is 1.89. The highest BCUT2D eigenvalue weighted by Gasteiger charge is 2.10. The average molecular weight is 335 g/mol. The molecule has 0 unspecified atom stereocenters. The van der Waals surface area contributed by atoms with E-state index in [1.54, 1.807) is 12.1 Å². The number of rotatable bonds is 4. The molecule has 2 aromatic rings. The first-order chi connectivity index (χ1) is 9.47. The van der Waals surface area contributed by atoms with Gasteiger partial charge in [0.15, 0.2) is 0 Å². The first-order valence-corrected chi connectivity index (χ1v) is 7.06. The van der Waals surface area contributed by atoms with Gasteiger partial charge < -0.3 is 9.84 Å². The summed E-state index contributed by atoms with van der Waals surface area (Å²) < 4.78 is 6.22. The van der Waals surface area contributed by atoms with Crippen molar-refractivity contribution >= 4 is 21.9 Å². The van der Waals surface area contributed by atoms with Crippen molar-refractivity contribution in [3.63, 3.8) is 0 Å². The molecule has 2 rings (SSSR count). The summed E-state index contributed by atoms with van der Waals surface area (Å²) in [6.45, 7) is 3.93. The summed E-state index contributed by atoms with van der Waals surface area (Å²) in [5.74, 6) is -0.175. The van der Waals surface area contributed by atoms with Crippen LogP contribution in [0.4, 0.5) is 0 Å². The lowest BCUT2D eigenvalue weighted by atomic mass is 10.0. The number of benzene rings is 2. The fraction of sp³-hybridized carbons (Fsp3) is 0.188. The SMILES string of the molecule is CC(C)Oc1cccc(-c2ccc(Br)c(C(=O)O)c2)c1. The maximum atomic E-state index is 11.2. The molecule has 0 aromatic heterocycles. The van der Waals surface area contributed by atoms with E-state index in [-0.39, 0.29) is 11.7 Å². The summed E-state index contributed by atoms with van der Waals surface area (Å²) >= 11 is 3.25. The summed E-state index contributed by atoms with van der Waals surface area (Å²) in [5.41, 5.74) is 2.02. The molecular weight excluding hydrogens is 320 g/mol. The van der Waals surface area contributed by atoms with Crippen LogP contribution in [0.5, 0.6) is 5.75 Å². The molecule has 0 saturated heterocycles. The minimum atomic E-state index is -0.951. The zero-order chi connectivity index (χ0) is 14.7. The van der Waals surface area contributed by atoms with E-state index in [0.717, 1.165) is 16.9 Å². The van der Waals surface area contributed by atoms with Crippen molar-refractivity contribution in [2.75, 3.05) is 0 Å². The molecule has 0 atom stereocenters. The largest absolute Gasteiger partial charge is 0.491 e. The molecule has 0 radical (unpaired) electrons. The lowest BCUT2D eigenvalue weighted by Crippen LogP contribution is -2.05. The molecule has 0 spiro atoms. The number of carbonyl (C=O) groups is 1. The molecule has 0 aliphatic rings. The summed E-state index contributed by atoms with van der Waals surface area (Å²) in [4.78, 5) is 11.2. The molecule has 0 aliphatic carbocycles. The second-order valence-corrected chi connectivity index (χ2v) is 5.55. The predicted molar refractivity (Wildman–Crippen MR) is 82.3 cm³/mol. The van der Waals surface area contributed by atoms with Crippen molar-refractivity contribution in [3.05, 3.63) is 52.5 Å². The number of carboxylic acid groups (broad SMARTS) is 1. The second-order valence-electron chi connectivity index (χ2n) is 4.69. The Morgan fingerprint density at radius 2 is 1.85 bits per heavy atom. The van der Waals surface area contributed by atoms with E-state index in [4.69, 9.17) is 9.84 Å². The van der Waals surface area contributed by atoms with Gasteiger partial charge in [0, 0.05) is 4.47 Å². The molecule has 20 heavy (non-hydrogen) atoms. The summed E-state index contributed by atoms with van der Waals surface area (Å²) in [6, 6.07) is 12.9. The maximum Gasteiger partial charge on any atom is 0.336 e. The van der Waals surface area contributed by atoms with Crippen molar-refractivity contribution in [1.29, 1.82) is 0 Å². The van der Waals surface area contributed by atoms with E-state index in [1.165, 1.54) is 0 Å². The highest BCUT2D eigenvalue weighted by molar-refractivity contribution is 9.10. The molecule has 0 amide bonds. The second kappa shape index (κ2) is 6.09. The Kier molecular flexibility index (Phi) is 4.45. The monoisotopic (exact) mass is 334 g/mol. The highest BCUT2D eigenvalue weighted by Crippen LogP contribution is 2.28. The van der Waals surface area contributed by atoms with Crippen LogP contribution in [0, 0.1) is 0 Å². The normalized spacial score (nSPS) is 10.6. The zero-order valence-electron chi connectivity index (χ0n) is 11.3. The molecule has 1 N–H and O–H groups in total. The Morgan fingerprint density at radius 1 is 1.15 bits per heavy atom. The molecule has 0 heterocycles. The predicted octanol–water partition coefficient (Wildman–Crippen LogP) is 4.60. The fourth-order valence-corrected chi connectivity index (χ4v) is 2.31. The third-order valence-corrected chi connectivity index (χ3v) is 3.43. The van der Waals surface area contributed by atoms with Crippen LogP contribution in [0.3, 0.4) is 0 Å². The minimum Gasteiger partial charge on any atom is -0.491 e. The van der Waals surface area contributed by atoms with Gasteiger partial charge >= 0.3 is 5.97 Å². The maximum absolute atomic E-state index is 11.2. The third kappa shape index (κ3) is 3.39. The Hall–Kier alpha value is -1.81. The topological polar surface area (TPSA) is 46.5 Å². The van der Waals surface area contributed by atoms with E-state index in [1.807, 2.05) is 44.2 Å². The lowest BCUT2D eigenvalue weighted by Gasteiger charge is -2.11. The van der Waals surface area contributed by atoms with Gasteiger partial charge in [-0.25, -0.2) is 4.79 Å². The van der Waals surface area contributed by atoms with E-state index in [2.05, 4.69) is 15.9 Å². The first-order valence-electron chi connectivity index (χ1n) is 6.27. The lowest BCUT2D eigenvalue weighted by molar-refractivity contribution is 0.0696. The molecule has 4 heteroatoms. The van der Waals surface area contributed by atoms with Crippen LogP contribution in [0.15, 0.2) is 46.9 Å². The Bertz CT molecular complexity index is 635.